The van der Waals surface area contributed by atoms with Crippen LogP contribution in [0.5, 0.6) is 0 Å². The minimum atomic E-state index is 0.358. The average molecular weight is 269 g/mol. The molecule has 0 N–H and O–H groups in total. The van der Waals surface area contributed by atoms with Gasteiger partial charge in [0.2, 0.25) is 0 Å². The molecule has 0 amide bonds. The SMILES string of the molecule is CC1C[SH](CSCC2CS2)C(C)CS1. The Morgan fingerprint density at radius 3 is 2.79 bits per heavy atom. The van der Waals surface area contributed by atoms with Crippen molar-refractivity contribution in [2.24, 2.45) is 0 Å². The first kappa shape index (κ1) is 11.9. The molecule has 2 heterocycles. The van der Waals surface area contributed by atoms with E-state index in [4.69, 9.17) is 0 Å². The van der Waals surface area contributed by atoms with E-state index in [2.05, 4.69) is 49.1 Å². The van der Waals surface area contributed by atoms with Gasteiger partial charge in [0.15, 0.2) is 0 Å². The lowest BCUT2D eigenvalue weighted by molar-refractivity contribution is 1.03. The summed E-state index contributed by atoms with van der Waals surface area (Å²) in [7, 11) is 0.358. The molecular formula is C10H20S4. The molecule has 0 saturated carbocycles. The van der Waals surface area contributed by atoms with Gasteiger partial charge in [-0.05, 0) is 11.0 Å². The van der Waals surface area contributed by atoms with Crippen LogP contribution in [0.2, 0.25) is 0 Å². The zero-order chi connectivity index (χ0) is 9.97. The van der Waals surface area contributed by atoms with Gasteiger partial charge in [-0.25, -0.2) is 10.9 Å². The zero-order valence-corrected chi connectivity index (χ0v) is 12.3. The van der Waals surface area contributed by atoms with Crippen LogP contribution in [0.15, 0.2) is 0 Å². The third-order valence-corrected chi connectivity index (χ3v) is 10.9. The predicted molar refractivity (Wildman–Crippen MR) is 78.8 cm³/mol. The van der Waals surface area contributed by atoms with E-state index in [-0.39, 0.29) is 0 Å². The molecule has 0 spiro atoms. The second kappa shape index (κ2) is 5.65. The van der Waals surface area contributed by atoms with Crippen molar-refractivity contribution >= 4 is 46.2 Å². The molecule has 0 aromatic heterocycles. The van der Waals surface area contributed by atoms with Crippen LogP contribution in [0.1, 0.15) is 13.8 Å². The molecule has 2 aliphatic rings. The van der Waals surface area contributed by atoms with E-state index in [1.165, 1.54) is 28.1 Å². The quantitative estimate of drug-likeness (QED) is 0.614. The van der Waals surface area contributed by atoms with Gasteiger partial charge in [-0.2, -0.15) is 35.3 Å². The summed E-state index contributed by atoms with van der Waals surface area (Å²) in [5.41, 5.74) is 0. The van der Waals surface area contributed by atoms with Crippen LogP contribution in [-0.4, -0.2) is 43.8 Å². The smallest absolute Gasteiger partial charge is 0.0229 e. The summed E-state index contributed by atoms with van der Waals surface area (Å²) in [5.74, 6) is 5.81. The summed E-state index contributed by atoms with van der Waals surface area (Å²) < 4.78 is 0. The molecule has 0 aromatic rings. The average Bonchev–Trinajstić information content (AvgIpc) is 2.95. The van der Waals surface area contributed by atoms with Gasteiger partial charge in [0.05, 0.1) is 0 Å². The monoisotopic (exact) mass is 268 g/mol. The Kier molecular flexibility index (Phi) is 4.79. The van der Waals surface area contributed by atoms with Gasteiger partial charge in [-0.15, -0.1) is 0 Å². The molecule has 2 saturated heterocycles. The summed E-state index contributed by atoms with van der Waals surface area (Å²) in [6, 6.07) is 0. The van der Waals surface area contributed by atoms with Crippen molar-refractivity contribution in [3.63, 3.8) is 0 Å². The second-order valence-electron chi connectivity index (χ2n) is 4.22. The van der Waals surface area contributed by atoms with Crippen LogP contribution in [0.3, 0.4) is 0 Å². The van der Waals surface area contributed by atoms with E-state index in [0.717, 1.165) is 15.7 Å². The van der Waals surface area contributed by atoms with Crippen LogP contribution >= 0.6 is 46.2 Å². The molecule has 2 fully saturated rings. The van der Waals surface area contributed by atoms with Crippen molar-refractivity contribution in [3.8, 4) is 0 Å². The first-order chi connectivity index (χ1) is 6.75. The maximum atomic E-state index is 2.47. The molecule has 4 atom stereocenters. The molecule has 0 nitrogen and oxygen atoms in total. The van der Waals surface area contributed by atoms with Gasteiger partial charge in [0, 0.05) is 32.8 Å². The third-order valence-electron chi connectivity index (χ3n) is 2.70. The summed E-state index contributed by atoms with van der Waals surface area (Å²) in [5, 5.41) is 4.47. The Hall–Kier alpha value is 1.40. The Balaban J connectivity index is 1.65. The Bertz CT molecular complexity index is 181. The summed E-state index contributed by atoms with van der Waals surface area (Å²) in [4.78, 5) is 0. The largest absolute Gasteiger partial charge is 0.240 e. The van der Waals surface area contributed by atoms with Crippen molar-refractivity contribution in [2.75, 3.05) is 28.1 Å². The Morgan fingerprint density at radius 1 is 1.29 bits per heavy atom. The number of thiol groups is 1. The molecule has 0 aliphatic carbocycles. The molecule has 4 unspecified atom stereocenters. The molecule has 0 bridgehead atoms. The predicted octanol–water partition coefficient (Wildman–Crippen LogP) is 3.32. The molecule has 2 rings (SSSR count). The number of hydrogen-bond acceptors (Lipinski definition) is 3. The lowest BCUT2D eigenvalue weighted by Crippen LogP contribution is -2.23. The molecule has 2 aliphatic heterocycles. The van der Waals surface area contributed by atoms with E-state index in [9.17, 15) is 0 Å². The van der Waals surface area contributed by atoms with E-state index < -0.39 is 0 Å². The number of rotatable bonds is 4. The molecule has 0 aromatic carbocycles. The molecular weight excluding hydrogens is 248 g/mol. The molecule has 0 radical (unpaired) electrons. The second-order valence-corrected chi connectivity index (χ2v) is 11.2. The third kappa shape index (κ3) is 3.76. The molecule has 4 heteroatoms. The van der Waals surface area contributed by atoms with E-state index in [0.29, 0.717) is 10.9 Å². The molecule has 14 heavy (non-hydrogen) atoms. The first-order valence-electron chi connectivity index (χ1n) is 5.30. The minimum absolute atomic E-state index is 0.358. The number of thioether (sulfide) groups is 3. The summed E-state index contributed by atoms with van der Waals surface area (Å²) >= 11 is 6.56. The van der Waals surface area contributed by atoms with E-state index >= 15 is 0 Å². The standard InChI is InChI=1S/C10H20S4/c1-8-6-14(9(2)3-12-8)7-11-4-10-5-13-10/h8-10,14H,3-7H2,1-2H3. The topological polar surface area (TPSA) is 0 Å². The van der Waals surface area contributed by atoms with E-state index in [1.54, 1.807) is 0 Å². The number of hydrogen-bond donors (Lipinski definition) is 1. The van der Waals surface area contributed by atoms with Crippen molar-refractivity contribution in [1.82, 2.24) is 0 Å². The summed E-state index contributed by atoms with van der Waals surface area (Å²) in [6.07, 6.45) is 0. The Morgan fingerprint density at radius 2 is 2.07 bits per heavy atom. The highest BCUT2D eigenvalue weighted by molar-refractivity contribution is 8.28. The highest BCUT2D eigenvalue weighted by Gasteiger charge is 2.25. The fraction of sp³-hybridized carbons (Fsp3) is 1.00. The zero-order valence-electron chi connectivity index (χ0n) is 8.94. The highest BCUT2D eigenvalue weighted by atomic mass is 32.2. The van der Waals surface area contributed by atoms with Crippen molar-refractivity contribution < 1.29 is 0 Å². The van der Waals surface area contributed by atoms with Crippen molar-refractivity contribution in [2.45, 2.75) is 29.6 Å². The van der Waals surface area contributed by atoms with Gasteiger partial charge in [-0.3, -0.25) is 0 Å². The van der Waals surface area contributed by atoms with Crippen LogP contribution in [0.25, 0.3) is 0 Å². The lowest BCUT2D eigenvalue weighted by Gasteiger charge is -2.35. The van der Waals surface area contributed by atoms with Gasteiger partial charge in [-0.1, -0.05) is 13.8 Å². The highest BCUT2D eigenvalue weighted by Crippen LogP contribution is 2.45. The minimum Gasteiger partial charge on any atom is -0.240 e. The van der Waals surface area contributed by atoms with Crippen molar-refractivity contribution in [3.05, 3.63) is 0 Å². The van der Waals surface area contributed by atoms with Crippen molar-refractivity contribution in [1.29, 1.82) is 0 Å². The fourth-order valence-electron chi connectivity index (χ4n) is 1.62. The van der Waals surface area contributed by atoms with Gasteiger partial charge in [0.1, 0.15) is 0 Å². The van der Waals surface area contributed by atoms with Gasteiger partial charge >= 0.3 is 0 Å². The maximum absolute atomic E-state index is 2.47. The van der Waals surface area contributed by atoms with Crippen LogP contribution in [0, 0.1) is 0 Å². The van der Waals surface area contributed by atoms with Crippen LogP contribution in [0.4, 0.5) is 0 Å². The normalized spacial score (nSPS) is 45.0. The van der Waals surface area contributed by atoms with Crippen LogP contribution < -0.4 is 0 Å². The van der Waals surface area contributed by atoms with E-state index in [1.807, 2.05) is 0 Å². The van der Waals surface area contributed by atoms with Gasteiger partial charge < -0.3 is 0 Å². The summed E-state index contributed by atoms with van der Waals surface area (Å²) in [6.45, 7) is 4.88. The molecule has 84 valence electrons. The fourth-order valence-corrected chi connectivity index (χ4v) is 9.60. The van der Waals surface area contributed by atoms with Gasteiger partial charge in [0.25, 0.3) is 0 Å². The van der Waals surface area contributed by atoms with Crippen LogP contribution in [-0.2, 0) is 0 Å². The lowest BCUT2D eigenvalue weighted by atomic mass is 10.5. The Labute approximate surface area is 103 Å². The first-order valence-corrected chi connectivity index (χ1v) is 10.3. The maximum Gasteiger partial charge on any atom is 0.0229 e.